The Bertz CT molecular complexity index is 1180. The Kier molecular flexibility index (Phi) is 4.53. The molecule has 28 heavy (non-hydrogen) atoms. The second-order valence-corrected chi connectivity index (χ2v) is 6.51. The van der Waals surface area contributed by atoms with Gasteiger partial charge in [0.15, 0.2) is 5.69 Å². The zero-order valence-electron chi connectivity index (χ0n) is 15.6. The van der Waals surface area contributed by atoms with E-state index < -0.39 is 5.97 Å². The molecule has 2 heterocycles. The molecule has 6 heteroatoms. The minimum Gasteiger partial charge on any atom is -0.495 e. The van der Waals surface area contributed by atoms with Crippen molar-refractivity contribution < 1.29 is 14.6 Å². The quantitative estimate of drug-likeness (QED) is 0.568. The van der Waals surface area contributed by atoms with Gasteiger partial charge < -0.3 is 14.4 Å². The SMILES string of the molecule is COc1cncc(-c2nc(C)c(C(=O)O)n2Cc2cccc3ccccc23)c1. The molecule has 0 saturated carbocycles. The van der Waals surface area contributed by atoms with Crippen LogP contribution in [0.3, 0.4) is 0 Å². The Hall–Kier alpha value is -3.67. The van der Waals surface area contributed by atoms with Crippen LogP contribution in [0, 0.1) is 6.92 Å². The summed E-state index contributed by atoms with van der Waals surface area (Å²) >= 11 is 0. The van der Waals surface area contributed by atoms with E-state index in [0.29, 0.717) is 29.4 Å². The zero-order valence-corrected chi connectivity index (χ0v) is 15.6. The number of aromatic nitrogens is 3. The predicted molar refractivity (Wildman–Crippen MR) is 107 cm³/mol. The highest BCUT2D eigenvalue weighted by molar-refractivity contribution is 5.89. The van der Waals surface area contributed by atoms with Gasteiger partial charge in [0.1, 0.15) is 11.6 Å². The van der Waals surface area contributed by atoms with Gasteiger partial charge in [0, 0.05) is 11.8 Å². The van der Waals surface area contributed by atoms with Crippen molar-refractivity contribution in [3.63, 3.8) is 0 Å². The molecule has 0 atom stereocenters. The van der Waals surface area contributed by atoms with Crippen molar-refractivity contribution in [3.05, 3.63) is 77.9 Å². The lowest BCUT2D eigenvalue weighted by atomic mass is 10.0. The van der Waals surface area contributed by atoms with Gasteiger partial charge in [-0.15, -0.1) is 0 Å². The average molecular weight is 373 g/mol. The van der Waals surface area contributed by atoms with Crippen molar-refractivity contribution >= 4 is 16.7 Å². The van der Waals surface area contributed by atoms with Crippen LogP contribution in [0.15, 0.2) is 60.9 Å². The lowest BCUT2D eigenvalue weighted by molar-refractivity contribution is 0.0685. The van der Waals surface area contributed by atoms with E-state index in [-0.39, 0.29) is 5.69 Å². The summed E-state index contributed by atoms with van der Waals surface area (Å²) < 4.78 is 6.99. The third-order valence-corrected chi connectivity index (χ3v) is 4.76. The van der Waals surface area contributed by atoms with Crippen molar-refractivity contribution in [1.29, 1.82) is 0 Å². The molecule has 0 radical (unpaired) electrons. The molecule has 140 valence electrons. The Morgan fingerprint density at radius 3 is 2.71 bits per heavy atom. The maximum Gasteiger partial charge on any atom is 0.354 e. The summed E-state index contributed by atoms with van der Waals surface area (Å²) in [6.07, 6.45) is 3.27. The lowest BCUT2D eigenvalue weighted by Gasteiger charge is -2.13. The van der Waals surface area contributed by atoms with Gasteiger partial charge in [-0.3, -0.25) is 4.98 Å². The van der Waals surface area contributed by atoms with Crippen LogP contribution in [0.1, 0.15) is 21.7 Å². The van der Waals surface area contributed by atoms with Gasteiger partial charge in [-0.1, -0.05) is 42.5 Å². The molecule has 4 aromatic rings. The number of methoxy groups -OCH3 is 1. The Balaban J connectivity index is 1.90. The van der Waals surface area contributed by atoms with Crippen molar-refractivity contribution in [2.45, 2.75) is 13.5 Å². The van der Waals surface area contributed by atoms with Gasteiger partial charge in [0.05, 0.1) is 25.5 Å². The summed E-state index contributed by atoms with van der Waals surface area (Å²) in [4.78, 5) is 20.7. The second-order valence-electron chi connectivity index (χ2n) is 6.51. The molecule has 0 aliphatic rings. The number of hydrogen-bond acceptors (Lipinski definition) is 4. The minimum absolute atomic E-state index is 0.172. The van der Waals surface area contributed by atoms with Crippen molar-refractivity contribution in [2.24, 2.45) is 0 Å². The molecule has 0 saturated heterocycles. The van der Waals surface area contributed by atoms with Gasteiger partial charge in [0.2, 0.25) is 0 Å². The van der Waals surface area contributed by atoms with Gasteiger partial charge >= 0.3 is 5.97 Å². The van der Waals surface area contributed by atoms with Crippen LogP contribution in [0.4, 0.5) is 0 Å². The number of carboxylic acid groups (broad SMARTS) is 1. The maximum absolute atomic E-state index is 12.0. The molecule has 1 N–H and O–H groups in total. The standard InChI is InChI=1S/C22H19N3O3/c1-14-20(22(26)27)25(21(24-14)17-10-18(28-2)12-23-11-17)13-16-8-5-7-15-6-3-4-9-19(15)16/h3-12H,13H2,1-2H3,(H,26,27). The number of aryl methyl sites for hydroxylation is 1. The van der Waals surface area contributed by atoms with E-state index >= 15 is 0 Å². The van der Waals surface area contributed by atoms with Crippen LogP contribution < -0.4 is 4.74 Å². The monoisotopic (exact) mass is 373 g/mol. The number of rotatable bonds is 5. The molecule has 0 fully saturated rings. The Labute approximate surface area is 162 Å². The number of carboxylic acids is 1. The average Bonchev–Trinajstić information content (AvgIpc) is 3.04. The first-order valence-electron chi connectivity index (χ1n) is 8.85. The molecule has 0 amide bonds. The van der Waals surface area contributed by atoms with Crippen molar-refractivity contribution in [3.8, 4) is 17.1 Å². The third-order valence-electron chi connectivity index (χ3n) is 4.76. The number of fused-ring (bicyclic) bond motifs is 1. The van der Waals surface area contributed by atoms with E-state index in [9.17, 15) is 9.90 Å². The van der Waals surface area contributed by atoms with Crippen LogP contribution in [0.5, 0.6) is 5.75 Å². The molecule has 2 aromatic carbocycles. The summed E-state index contributed by atoms with van der Waals surface area (Å²) in [5.41, 5.74) is 2.36. The molecule has 0 aliphatic carbocycles. The van der Waals surface area contributed by atoms with Gasteiger partial charge in [-0.05, 0) is 29.3 Å². The van der Waals surface area contributed by atoms with Gasteiger partial charge in [0.25, 0.3) is 0 Å². The number of hydrogen-bond donors (Lipinski definition) is 1. The number of imidazole rings is 1. The minimum atomic E-state index is -1.01. The Morgan fingerprint density at radius 2 is 1.93 bits per heavy atom. The number of pyridine rings is 1. The predicted octanol–water partition coefficient (Wildman–Crippen LogP) is 4.16. The zero-order chi connectivity index (χ0) is 19.7. The fourth-order valence-corrected chi connectivity index (χ4v) is 3.47. The van der Waals surface area contributed by atoms with Crippen LogP contribution in [-0.4, -0.2) is 32.7 Å². The smallest absolute Gasteiger partial charge is 0.354 e. The maximum atomic E-state index is 12.0. The number of benzene rings is 2. The molecule has 0 bridgehead atoms. The first kappa shape index (κ1) is 17.7. The molecule has 6 nitrogen and oxygen atoms in total. The van der Waals surface area contributed by atoms with Crippen LogP contribution in [0.2, 0.25) is 0 Å². The molecule has 0 spiro atoms. The molecule has 2 aromatic heterocycles. The first-order valence-corrected chi connectivity index (χ1v) is 8.85. The fourth-order valence-electron chi connectivity index (χ4n) is 3.47. The number of aromatic carboxylic acids is 1. The molecule has 0 unspecified atom stereocenters. The number of nitrogens with zero attached hydrogens (tertiary/aromatic N) is 3. The van der Waals surface area contributed by atoms with Crippen molar-refractivity contribution in [2.75, 3.05) is 7.11 Å². The second kappa shape index (κ2) is 7.15. The molecule has 4 rings (SSSR count). The number of ether oxygens (including phenoxy) is 1. The summed E-state index contributed by atoms with van der Waals surface area (Å²) in [5, 5.41) is 12.0. The van der Waals surface area contributed by atoms with Crippen molar-refractivity contribution in [1.82, 2.24) is 14.5 Å². The van der Waals surface area contributed by atoms with Gasteiger partial charge in [-0.2, -0.15) is 0 Å². The summed E-state index contributed by atoms with van der Waals surface area (Å²) in [6, 6.07) is 15.9. The highest BCUT2D eigenvalue weighted by atomic mass is 16.5. The Morgan fingerprint density at radius 1 is 1.14 bits per heavy atom. The van der Waals surface area contributed by atoms with E-state index in [0.717, 1.165) is 16.3 Å². The molecule has 0 aliphatic heterocycles. The van der Waals surface area contributed by atoms with E-state index in [4.69, 9.17) is 4.74 Å². The third kappa shape index (κ3) is 3.09. The molecular formula is C22H19N3O3. The topological polar surface area (TPSA) is 77.2 Å². The highest BCUT2D eigenvalue weighted by Crippen LogP contribution is 2.27. The van der Waals surface area contributed by atoms with E-state index in [1.807, 2.05) is 42.5 Å². The van der Waals surface area contributed by atoms with Crippen LogP contribution in [-0.2, 0) is 6.54 Å². The van der Waals surface area contributed by atoms with E-state index in [1.54, 1.807) is 37.1 Å². The van der Waals surface area contributed by atoms with Crippen LogP contribution >= 0.6 is 0 Å². The van der Waals surface area contributed by atoms with Gasteiger partial charge in [-0.25, -0.2) is 9.78 Å². The normalized spacial score (nSPS) is 10.9. The van der Waals surface area contributed by atoms with E-state index in [1.165, 1.54) is 0 Å². The summed E-state index contributed by atoms with van der Waals surface area (Å²) in [6.45, 7) is 2.09. The number of carbonyl (C=O) groups is 1. The summed E-state index contributed by atoms with van der Waals surface area (Å²) in [7, 11) is 1.57. The van der Waals surface area contributed by atoms with E-state index in [2.05, 4.69) is 9.97 Å². The first-order chi connectivity index (χ1) is 13.6. The largest absolute Gasteiger partial charge is 0.495 e. The molecular weight excluding hydrogens is 354 g/mol. The highest BCUT2D eigenvalue weighted by Gasteiger charge is 2.22. The lowest BCUT2D eigenvalue weighted by Crippen LogP contribution is -2.12. The van der Waals surface area contributed by atoms with Crippen LogP contribution in [0.25, 0.3) is 22.2 Å². The fraction of sp³-hybridized carbons (Fsp3) is 0.136. The summed E-state index contributed by atoms with van der Waals surface area (Å²) in [5.74, 6) is 0.133.